The average molecular weight is 517 g/mol. The highest BCUT2D eigenvalue weighted by Gasteiger charge is 2.36. The molecule has 0 atom stereocenters. The molecule has 1 aliphatic heterocycles. The van der Waals surface area contributed by atoms with E-state index in [0.717, 1.165) is 10.5 Å². The van der Waals surface area contributed by atoms with Crippen molar-refractivity contribution in [2.45, 2.75) is 6.92 Å². The summed E-state index contributed by atoms with van der Waals surface area (Å²) < 4.78 is 11.3. The van der Waals surface area contributed by atoms with Crippen LogP contribution in [-0.4, -0.2) is 31.6 Å². The number of methoxy groups -OCH3 is 1. The molecule has 0 spiro atoms. The number of halogens is 1. The molecule has 2 aromatic rings. The van der Waals surface area contributed by atoms with E-state index in [9.17, 15) is 14.4 Å². The zero-order valence-corrected chi connectivity index (χ0v) is 18.2. The molecule has 1 aliphatic rings. The fourth-order valence-corrected chi connectivity index (χ4v) is 3.60. The Balaban J connectivity index is 2.01. The Morgan fingerprint density at radius 1 is 1.20 bits per heavy atom. The normalized spacial score (nSPS) is 15.1. The summed E-state index contributed by atoms with van der Waals surface area (Å²) in [7, 11) is 1.44. The van der Waals surface area contributed by atoms with Gasteiger partial charge in [0.25, 0.3) is 11.8 Å². The van der Waals surface area contributed by atoms with Crippen LogP contribution in [-0.2, 0) is 9.59 Å². The van der Waals surface area contributed by atoms with Crippen molar-refractivity contribution >= 4 is 52.2 Å². The molecule has 1 fully saturated rings. The second-order valence-electron chi connectivity index (χ2n) is 6.27. The molecular formula is C21H16IN3O5. The molecule has 0 bridgehead atoms. The molecule has 0 unspecified atom stereocenters. The molecular weight excluding hydrogens is 501 g/mol. The molecule has 2 aromatic carbocycles. The minimum atomic E-state index is -0.807. The SMILES string of the molecule is COc1cc(/C=C2\C(=O)NC(=O)N(c3ccc(C)cc3)C2=O)cc(I)c1OCC#N. The fourth-order valence-electron chi connectivity index (χ4n) is 2.82. The number of aryl methyl sites for hydroxylation is 1. The van der Waals surface area contributed by atoms with Crippen LogP contribution in [0.5, 0.6) is 11.5 Å². The Morgan fingerprint density at radius 2 is 1.90 bits per heavy atom. The lowest BCUT2D eigenvalue weighted by Crippen LogP contribution is -2.54. The summed E-state index contributed by atoms with van der Waals surface area (Å²) in [5.74, 6) is -0.782. The summed E-state index contributed by atoms with van der Waals surface area (Å²) >= 11 is 2.01. The Morgan fingerprint density at radius 3 is 2.53 bits per heavy atom. The summed E-state index contributed by atoms with van der Waals surface area (Å²) in [6.45, 7) is 1.73. The predicted octanol–water partition coefficient (Wildman–Crippen LogP) is 3.18. The van der Waals surface area contributed by atoms with Crippen molar-refractivity contribution in [1.82, 2.24) is 5.32 Å². The maximum atomic E-state index is 13.0. The standard InChI is InChI=1S/C21H16IN3O5/c1-12-3-5-14(6-4-12)25-20(27)15(19(26)24-21(25)28)9-13-10-16(22)18(30-8-7-23)17(11-13)29-2/h3-6,9-11H,8H2,1-2H3,(H,24,26,28)/b15-9+. The Bertz CT molecular complexity index is 1100. The maximum absolute atomic E-state index is 13.0. The van der Waals surface area contributed by atoms with Gasteiger partial charge < -0.3 is 9.47 Å². The van der Waals surface area contributed by atoms with Crippen molar-refractivity contribution in [3.05, 3.63) is 56.7 Å². The van der Waals surface area contributed by atoms with Crippen LogP contribution in [0.15, 0.2) is 42.0 Å². The van der Waals surface area contributed by atoms with E-state index in [-0.39, 0.29) is 12.2 Å². The number of hydrogen-bond acceptors (Lipinski definition) is 6. The first-order valence-electron chi connectivity index (χ1n) is 8.71. The van der Waals surface area contributed by atoms with E-state index >= 15 is 0 Å². The third kappa shape index (κ3) is 4.28. The van der Waals surface area contributed by atoms with Gasteiger partial charge in [-0.15, -0.1) is 0 Å². The van der Waals surface area contributed by atoms with Gasteiger partial charge in [0, 0.05) is 0 Å². The van der Waals surface area contributed by atoms with Gasteiger partial charge in [-0.2, -0.15) is 5.26 Å². The number of benzene rings is 2. The van der Waals surface area contributed by atoms with E-state index < -0.39 is 17.8 Å². The quantitative estimate of drug-likeness (QED) is 0.371. The van der Waals surface area contributed by atoms with Gasteiger partial charge in [-0.1, -0.05) is 17.7 Å². The summed E-state index contributed by atoms with van der Waals surface area (Å²) in [6, 6.07) is 11.1. The fraction of sp³-hybridized carbons (Fsp3) is 0.143. The molecule has 0 aliphatic carbocycles. The molecule has 0 aromatic heterocycles. The number of barbiturate groups is 1. The topological polar surface area (TPSA) is 109 Å². The number of hydrogen-bond donors (Lipinski definition) is 1. The first kappa shape index (κ1) is 21.3. The molecule has 3 rings (SSSR count). The predicted molar refractivity (Wildman–Crippen MR) is 117 cm³/mol. The molecule has 152 valence electrons. The number of imide groups is 2. The van der Waals surface area contributed by atoms with Crippen LogP contribution in [0.3, 0.4) is 0 Å². The van der Waals surface area contributed by atoms with Gasteiger partial charge in [0.2, 0.25) is 0 Å². The van der Waals surface area contributed by atoms with Crippen LogP contribution in [0, 0.1) is 21.8 Å². The van der Waals surface area contributed by atoms with Crippen LogP contribution in [0.2, 0.25) is 0 Å². The van der Waals surface area contributed by atoms with Crippen molar-refractivity contribution < 1.29 is 23.9 Å². The van der Waals surface area contributed by atoms with Gasteiger partial charge in [-0.05, 0) is 65.4 Å². The summed E-state index contributed by atoms with van der Waals surface area (Å²) in [5, 5.41) is 10.9. The van der Waals surface area contributed by atoms with E-state index in [1.54, 1.807) is 36.4 Å². The monoisotopic (exact) mass is 517 g/mol. The Labute approximate surface area is 186 Å². The lowest BCUT2D eigenvalue weighted by atomic mass is 10.1. The lowest BCUT2D eigenvalue weighted by Gasteiger charge is -2.26. The van der Waals surface area contributed by atoms with Crippen LogP contribution >= 0.6 is 22.6 Å². The van der Waals surface area contributed by atoms with Crippen LogP contribution in [0.25, 0.3) is 6.08 Å². The highest BCUT2D eigenvalue weighted by Crippen LogP contribution is 2.35. The van der Waals surface area contributed by atoms with Crippen LogP contribution in [0.4, 0.5) is 10.5 Å². The maximum Gasteiger partial charge on any atom is 0.335 e. The number of carbonyl (C=O) groups is 3. The van der Waals surface area contributed by atoms with Gasteiger partial charge in [0.15, 0.2) is 18.1 Å². The summed E-state index contributed by atoms with van der Waals surface area (Å²) in [6.07, 6.45) is 1.38. The van der Waals surface area contributed by atoms with E-state index in [0.29, 0.717) is 26.3 Å². The molecule has 8 nitrogen and oxygen atoms in total. The number of urea groups is 1. The second kappa shape index (κ2) is 8.96. The largest absolute Gasteiger partial charge is 0.493 e. The third-order valence-electron chi connectivity index (χ3n) is 4.24. The zero-order valence-electron chi connectivity index (χ0n) is 16.1. The number of ether oxygens (including phenoxy) is 2. The molecule has 0 radical (unpaired) electrons. The average Bonchev–Trinajstić information content (AvgIpc) is 2.71. The van der Waals surface area contributed by atoms with Crippen LogP contribution in [0.1, 0.15) is 11.1 Å². The van der Waals surface area contributed by atoms with E-state index in [4.69, 9.17) is 14.7 Å². The van der Waals surface area contributed by atoms with Crippen molar-refractivity contribution in [3.8, 4) is 17.6 Å². The van der Waals surface area contributed by atoms with Gasteiger partial charge in [-0.3, -0.25) is 14.9 Å². The van der Waals surface area contributed by atoms with Crippen molar-refractivity contribution in [2.24, 2.45) is 0 Å². The van der Waals surface area contributed by atoms with Crippen molar-refractivity contribution in [2.75, 3.05) is 18.6 Å². The number of nitrogens with one attached hydrogen (secondary N) is 1. The van der Waals surface area contributed by atoms with Crippen LogP contribution < -0.4 is 19.7 Å². The number of amides is 4. The molecule has 4 amide bonds. The number of anilines is 1. The van der Waals surface area contributed by atoms with E-state index in [1.165, 1.54) is 13.2 Å². The van der Waals surface area contributed by atoms with Gasteiger partial charge in [0.05, 0.1) is 16.4 Å². The van der Waals surface area contributed by atoms with Gasteiger partial charge in [-0.25, -0.2) is 9.69 Å². The Hall–Kier alpha value is -3.39. The zero-order chi connectivity index (χ0) is 21.8. The molecule has 9 heteroatoms. The summed E-state index contributed by atoms with van der Waals surface area (Å²) in [5.41, 5.74) is 1.63. The number of carbonyl (C=O) groups excluding carboxylic acids is 3. The highest BCUT2D eigenvalue weighted by atomic mass is 127. The van der Waals surface area contributed by atoms with Gasteiger partial charge in [0.1, 0.15) is 11.6 Å². The molecule has 1 saturated heterocycles. The third-order valence-corrected chi connectivity index (χ3v) is 5.04. The van der Waals surface area contributed by atoms with Crippen molar-refractivity contribution in [1.29, 1.82) is 5.26 Å². The number of rotatable bonds is 5. The molecule has 0 saturated carbocycles. The molecule has 1 heterocycles. The highest BCUT2D eigenvalue weighted by molar-refractivity contribution is 14.1. The smallest absolute Gasteiger partial charge is 0.335 e. The minimum absolute atomic E-state index is 0.151. The Kier molecular flexibility index (Phi) is 6.37. The van der Waals surface area contributed by atoms with E-state index in [2.05, 4.69) is 5.32 Å². The number of nitriles is 1. The molecule has 1 N–H and O–H groups in total. The summed E-state index contributed by atoms with van der Waals surface area (Å²) in [4.78, 5) is 38.5. The van der Waals surface area contributed by atoms with Gasteiger partial charge >= 0.3 is 6.03 Å². The minimum Gasteiger partial charge on any atom is -0.493 e. The molecule has 30 heavy (non-hydrogen) atoms. The van der Waals surface area contributed by atoms with Crippen molar-refractivity contribution in [3.63, 3.8) is 0 Å². The lowest BCUT2D eigenvalue weighted by molar-refractivity contribution is -0.122. The number of nitrogens with zero attached hydrogens (tertiary/aromatic N) is 2. The first-order valence-corrected chi connectivity index (χ1v) is 9.79. The second-order valence-corrected chi connectivity index (χ2v) is 7.44. The van der Waals surface area contributed by atoms with E-state index in [1.807, 2.05) is 35.6 Å². The first-order chi connectivity index (χ1) is 14.3.